The Morgan fingerprint density at radius 3 is 3.16 bits per heavy atom. The Bertz CT molecular complexity index is 806. The first-order valence-corrected chi connectivity index (χ1v) is 7.46. The summed E-state index contributed by atoms with van der Waals surface area (Å²) in [5.41, 5.74) is 2.28. The van der Waals surface area contributed by atoms with Crippen molar-refractivity contribution in [3.63, 3.8) is 0 Å². The van der Waals surface area contributed by atoms with Crippen LogP contribution in [0, 0.1) is 5.92 Å². The van der Waals surface area contributed by atoms with Gasteiger partial charge in [-0.25, -0.2) is 9.97 Å². The largest absolute Gasteiger partial charge is 0.442 e. The van der Waals surface area contributed by atoms with Gasteiger partial charge in [-0.05, 0) is 34.8 Å². The lowest BCUT2D eigenvalue weighted by atomic mass is 10.3. The number of nitrogens with zero attached hydrogens (tertiary/aromatic N) is 2. The van der Waals surface area contributed by atoms with Crippen LogP contribution in [-0.2, 0) is 4.79 Å². The molecule has 0 bridgehead atoms. The number of thiazole rings is 1. The Morgan fingerprint density at radius 2 is 2.37 bits per heavy atom. The van der Waals surface area contributed by atoms with Crippen LogP contribution in [0.25, 0.3) is 21.3 Å². The van der Waals surface area contributed by atoms with E-state index in [2.05, 4.69) is 31.2 Å². The fraction of sp³-hybridized carbons (Fsp3) is 0.250. The first-order chi connectivity index (χ1) is 9.22. The molecule has 1 amide bonds. The molecule has 7 heteroatoms. The smallest absolute Gasteiger partial charge is 0.229 e. The molecule has 1 aliphatic rings. The lowest BCUT2D eigenvalue weighted by Crippen LogP contribution is -2.12. The number of fused-ring (bicyclic) bond motifs is 3. The second-order valence-electron chi connectivity index (χ2n) is 4.52. The van der Waals surface area contributed by atoms with Crippen LogP contribution in [0.3, 0.4) is 0 Å². The first kappa shape index (κ1) is 11.4. The zero-order valence-corrected chi connectivity index (χ0v) is 12.0. The Morgan fingerprint density at radius 1 is 1.53 bits per heavy atom. The van der Waals surface area contributed by atoms with Crippen LogP contribution < -0.4 is 5.32 Å². The van der Waals surface area contributed by atoms with Crippen molar-refractivity contribution in [1.82, 2.24) is 9.97 Å². The number of hydrogen-bond donors (Lipinski definition) is 1. The number of hydrogen-bond acceptors (Lipinski definition) is 5. The number of benzene rings is 1. The third kappa shape index (κ3) is 1.84. The van der Waals surface area contributed by atoms with Crippen LogP contribution in [0.5, 0.6) is 0 Å². The van der Waals surface area contributed by atoms with Crippen LogP contribution in [0.1, 0.15) is 12.8 Å². The minimum atomic E-state index is 0.0620. The van der Waals surface area contributed by atoms with Crippen LogP contribution in [0.4, 0.5) is 5.13 Å². The van der Waals surface area contributed by atoms with Crippen molar-refractivity contribution in [1.29, 1.82) is 0 Å². The van der Waals surface area contributed by atoms with E-state index in [-0.39, 0.29) is 11.8 Å². The number of anilines is 1. The Kier molecular flexibility index (Phi) is 2.40. The maximum atomic E-state index is 11.7. The lowest BCUT2D eigenvalue weighted by Gasteiger charge is -1.96. The molecule has 0 radical (unpaired) electrons. The molecule has 19 heavy (non-hydrogen) atoms. The normalized spacial score (nSPS) is 15.2. The number of halogens is 1. The summed E-state index contributed by atoms with van der Waals surface area (Å²) in [5.74, 6) is 0.232. The van der Waals surface area contributed by atoms with Crippen molar-refractivity contribution >= 4 is 59.6 Å². The maximum Gasteiger partial charge on any atom is 0.229 e. The number of aromatic nitrogens is 2. The Balaban J connectivity index is 1.83. The highest BCUT2D eigenvalue weighted by molar-refractivity contribution is 9.10. The van der Waals surface area contributed by atoms with Gasteiger partial charge in [-0.1, -0.05) is 11.3 Å². The minimum absolute atomic E-state index is 0.0620. The van der Waals surface area contributed by atoms with Gasteiger partial charge in [0.25, 0.3) is 0 Å². The predicted molar refractivity (Wildman–Crippen MR) is 76.2 cm³/mol. The van der Waals surface area contributed by atoms with Gasteiger partial charge in [0, 0.05) is 10.4 Å². The van der Waals surface area contributed by atoms with E-state index < -0.39 is 0 Å². The van der Waals surface area contributed by atoms with Crippen molar-refractivity contribution in [3.8, 4) is 0 Å². The molecular weight excluding hydrogens is 330 g/mol. The monoisotopic (exact) mass is 337 g/mol. The van der Waals surface area contributed by atoms with Gasteiger partial charge in [0.05, 0.1) is 5.52 Å². The highest BCUT2D eigenvalue weighted by atomic mass is 79.9. The van der Waals surface area contributed by atoms with Crippen LogP contribution in [0.2, 0.25) is 0 Å². The van der Waals surface area contributed by atoms with Crippen LogP contribution >= 0.6 is 27.3 Å². The zero-order valence-electron chi connectivity index (χ0n) is 9.64. The van der Waals surface area contributed by atoms with Crippen molar-refractivity contribution in [2.24, 2.45) is 5.92 Å². The van der Waals surface area contributed by atoms with Gasteiger partial charge in [-0.3, -0.25) is 4.79 Å². The molecule has 0 saturated heterocycles. The summed E-state index contributed by atoms with van der Waals surface area (Å²) in [6.07, 6.45) is 3.38. The average molecular weight is 338 g/mol. The van der Waals surface area contributed by atoms with E-state index in [1.54, 1.807) is 0 Å². The van der Waals surface area contributed by atoms with E-state index in [0.717, 1.165) is 33.0 Å². The van der Waals surface area contributed by atoms with E-state index in [0.29, 0.717) is 10.7 Å². The average Bonchev–Trinajstić information content (AvgIpc) is 2.97. The van der Waals surface area contributed by atoms with Gasteiger partial charge < -0.3 is 9.73 Å². The molecule has 2 aromatic heterocycles. The molecule has 0 atom stereocenters. The fourth-order valence-electron chi connectivity index (χ4n) is 1.96. The first-order valence-electron chi connectivity index (χ1n) is 5.85. The highest BCUT2D eigenvalue weighted by Crippen LogP contribution is 2.37. The fourth-order valence-corrected chi connectivity index (χ4v) is 3.40. The second kappa shape index (κ2) is 4.01. The third-order valence-corrected chi connectivity index (χ3v) is 4.68. The SMILES string of the molecule is O=C(Nc1nc2cc(Br)c3ncoc3c2s1)C1CC1. The molecule has 0 aliphatic heterocycles. The van der Waals surface area contributed by atoms with Crippen molar-refractivity contribution in [3.05, 3.63) is 16.9 Å². The van der Waals surface area contributed by atoms with Gasteiger partial charge in [-0.15, -0.1) is 0 Å². The number of carbonyl (C=O) groups excluding carboxylic acids is 1. The molecule has 4 rings (SSSR count). The van der Waals surface area contributed by atoms with Crippen molar-refractivity contribution in [2.45, 2.75) is 12.8 Å². The van der Waals surface area contributed by atoms with E-state index in [9.17, 15) is 4.79 Å². The predicted octanol–water partition coefficient (Wildman–Crippen LogP) is 3.55. The second-order valence-corrected chi connectivity index (χ2v) is 6.37. The number of carbonyl (C=O) groups is 1. The maximum absolute atomic E-state index is 11.7. The molecule has 1 fully saturated rings. The molecule has 1 saturated carbocycles. The summed E-state index contributed by atoms with van der Waals surface area (Å²) in [5, 5.41) is 3.47. The number of nitrogens with one attached hydrogen (secondary N) is 1. The minimum Gasteiger partial charge on any atom is -0.442 e. The molecule has 5 nitrogen and oxygen atoms in total. The van der Waals surface area contributed by atoms with Gasteiger partial charge in [0.1, 0.15) is 10.2 Å². The quantitative estimate of drug-likeness (QED) is 0.776. The zero-order chi connectivity index (χ0) is 13.0. The Labute approximate surface area is 120 Å². The van der Waals surface area contributed by atoms with Crippen molar-refractivity contribution in [2.75, 3.05) is 5.32 Å². The summed E-state index contributed by atoms with van der Waals surface area (Å²) in [6, 6.07) is 1.89. The standard InChI is InChI=1S/C12H8BrN3O2S/c13-6-3-7-10(9-8(6)14-4-18-9)19-12(15-7)16-11(17)5-1-2-5/h3-5H,1-2H2,(H,15,16,17). The molecule has 1 N–H and O–H groups in total. The molecular formula is C12H8BrN3O2S. The summed E-state index contributed by atoms with van der Waals surface area (Å²) < 4.78 is 7.15. The van der Waals surface area contributed by atoms with Gasteiger partial charge in [0.2, 0.25) is 5.91 Å². The van der Waals surface area contributed by atoms with Crippen LogP contribution in [0.15, 0.2) is 21.3 Å². The number of amides is 1. The third-order valence-electron chi connectivity index (χ3n) is 3.09. The summed E-state index contributed by atoms with van der Waals surface area (Å²) in [7, 11) is 0. The van der Waals surface area contributed by atoms with E-state index in [1.165, 1.54) is 17.7 Å². The van der Waals surface area contributed by atoms with E-state index >= 15 is 0 Å². The molecule has 96 valence electrons. The lowest BCUT2D eigenvalue weighted by molar-refractivity contribution is -0.117. The molecule has 1 aromatic carbocycles. The molecule has 0 unspecified atom stereocenters. The summed E-state index contributed by atoms with van der Waals surface area (Å²) in [6.45, 7) is 0. The van der Waals surface area contributed by atoms with Gasteiger partial charge in [0.15, 0.2) is 17.1 Å². The van der Waals surface area contributed by atoms with E-state index in [1.807, 2.05) is 6.07 Å². The molecule has 2 heterocycles. The van der Waals surface area contributed by atoms with Crippen molar-refractivity contribution < 1.29 is 9.21 Å². The summed E-state index contributed by atoms with van der Waals surface area (Å²) in [4.78, 5) is 20.3. The van der Waals surface area contributed by atoms with Crippen LogP contribution in [-0.4, -0.2) is 15.9 Å². The number of oxazole rings is 1. The summed E-state index contributed by atoms with van der Waals surface area (Å²) >= 11 is 4.86. The highest BCUT2D eigenvalue weighted by Gasteiger charge is 2.30. The van der Waals surface area contributed by atoms with Gasteiger partial charge >= 0.3 is 0 Å². The topological polar surface area (TPSA) is 68.0 Å². The molecule has 3 aromatic rings. The van der Waals surface area contributed by atoms with Gasteiger partial charge in [-0.2, -0.15) is 0 Å². The van der Waals surface area contributed by atoms with E-state index in [4.69, 9.17) is 4.42 Å². The molecule has 0 spiro atoms. The number of rotatable bonds is 2. The molecule has 1 aliphatic carbocycles. The Hall–Kier alpha value is -1.47.